The van der Waals surface area contributed by atoms with Crippen molar-refractivity contribution < 1.29 is 8.42 Å². The lowest BCUT2D eigenvalue weighted by Crippen LogP contribution is -2.43. The van der Waals surface area contributed by atoms with Crippen molar-refractivity contribution in [2.45, 2.75) is 4.21 Å². The number of benzene rings is 1. The molecule has 120 valence electrons. The van der Waals surface area contributed by atoms with Crippen LogP contribution in [0.4, 0.5) is 5.69 Å². The molecule has 0 aliphatic carbocycles. The third-order valence-corrected chi connectivity index (χ3v) is 7.20. The van der Waals surface area contributed by atoms with Crippen LogP contribution in [0.5, 0.6) is 0 Å². The second-order valence-corrected chi connectivity index (χ2v) is 8.49. The summed E-state index contributed by atoms with van der Waals surface area (Å²) < 4.78 is 27.4. The Bertz CT molecular complexity index is 924. The fraction of sp³-hybridized carbons (Fsp3) is 0.250. The maximum atomic E-state index is 12.8. The van der Waals surface area contributed by atoms with E-state index < -0.39 is 10.0 Å². The van der Waals surface area contributed by atoms with Gasteiger partial charge in [-0.15, -0.1) is 11.3 Å². The first-order valence-electron chi connectivity index (χ1n) is 7.53. The van der Waals surface area contributed by atoms with Gasteiger partial charge in [0.1, 0.15) is 4.21 Å². The fourth-order valence-electron chi connectivity index (χ4n) is 3.02. The topological polar surface area (TPSA) is 54.3 Å². The molecule has 3 heterocycles. The molecule has 0 spiro atoms. The van der Waals surface area contributed by atoms with Crippen LogP contribution in [-0.4, -0.2) is 38.6 Å². The molecule has 1 N–H and O–H groups in total. The highest BCUT2D eigenvalue weighted by Crippen LogP contribution is 2.31. The Balaban J connectivity index is 1.85. The Hall–Kier alpha value is -1.83. The van der Waals surface area contributed by atoms with Crippen LogP contribution in [0.2, 0.25) is 0 Å². The minimum absolute atomic E-state index is 0.363. The lowest BCUT2D eigenvalue weighted by Gasteiger charge is -2.30. The molecule has 0 radical (unpaired) electrons. The van der Waals surface area contributed by atoms with Gasteiger partial charge in [0.25, 0.3) is 10.0 Å². The van der Waals surface area contributed by atoms with Crippen LogP contribution in [0.1, 0.15) is 0 Å². The first kappa shape index (κ1) is 14.7. The van der Waals surface area contributed by atoms with Gasteiger partial charge >= 0.3 is 0 Å². The van der Waals surface area contributed by atoms with Gasteiger partial charge in [0.05, 0.1) is 5.52 Å². The number of thiophene rings is 1. The quantitative estimate of drug-likeness (QED) is 0.790. The van der Waals surface area contributed by atoms with Gasteiger partial charge in [-0.3, -0.25) is 0 Å². The SMILES string of the molecule is O=S(=O)(c1cccs1)n1ccc2c(N3CCNCC3)cccc21. The molecule has 5 nitrogen and oxygen atoms in total. The van der Waals surface area contributed by atoms with Crippen molar-refractivity contribution in [3.63, 3.8) is 0 Å². The molecule has 2 aromatic heterocycles. The van der Waals surface area contributed by atoms with E-state index in [2.05, 4.69) is 16.3 Å². The van der Waals surface area contributed by atoms with Crippen LogP contribution < -0.4 is 10.2 Å². The van der Waals surface area contributed by atoms with Crippen LogP contribution >= 0.6 is 11.3 Å². The number of rotatable bonds is 3. The van der Waals surface area contributed by atoms with Gasteiger partial charge in [-0.05, 0) is 29.6 Å². The van der Waals surface area contributed by atoms with Gasteiger partial charge in [0.2, 0.25) is 0 Å². The number of fused-ring (bicyclic) bond motifs is 1. The lowest BCUT2D eigenvalue weighted by atomic mass is 10.2. The predicted octanol–water partition coefficient (Wildman–Crippen LogP) is 2.35. The van der Waals surface area contributed by atoms with E-state index in [-0.39, 0.29) is 0 Å². The van der Waals surface area contributed by atoms with Gasteiger partial charge in [0.15, 0.2) is 0 Å². The number of aromatic nitrogens is 1. The summed E-state index contributed by atoms with van der Waals surface area (Å²) >= 11 is 1.24. The Labute approximate surface area is 139 Å². The monoisotopic (exact) mass is 347 g/mol. The normalized spacial score (nSPS) is 16.1. The summed E-state index contributed by atoms with van der Waals surface area (Å²) in [5, 5.41) is 6.10. The molecule has 3 aromatic rings. The zero-order chi connectivity index (χ0) is 15.9. The van der Waals surface area contributed by atoms with Crippen LogP contribution in [-0.2, 0) is 10.0 Å². The maximum absolute atomic E-state index is 12.8. The van der Waals surface area contributed by atoms with Gasteiger partial charge in [-0.1, -0.05) is 12.1 Å². The summed E-state index contributed by atoms with van der Waals surface area (Å²) in [6.07, 6.45) is 1.66. The molecule has 1 aromatic carbocycles. The summed E-state index contributed by atoms with van der Waals surface area (Å²) in [6, 6.07) is 11.2. The molecule has 1 saturated heterocycles. The van der Waals surface area contributed by atoms with E-state index in [0.717, 1.165) is 42.8 Å². The van der Waals surface area contributed by atoms with Crippen molar-refractivity contribution in [3.8, 4) is 0 Å². The Morgan fingerprint density at radius 1 is 1.04 bits per heavy atom. The molecule has 0 saturated carbocycles. The van der Waals surface area contributed by atoms with E-state index in [1.807, 2.05) is 18.2 Å². The molecule has 1 aliphatic rings. The van der Waals surface area contributed by atoms with Crippen LogP contribution in [0.3, 0.4) is 0 Å². The molecule has 7 heteroatoms. The third kappa shape index (κ3) is 2.45. The summed E-state index contributed by atoms with van der Waals surface area (Å²) in [6.45, 7) is 3.76. The first-order valence-corrected chi connectivity index (χ1v) is 9.85. The fourth-order valence-corrected chi connectivity index (χ4v) is 5.45. The first-order chi connectivity index (χ1) is 11.2. The van der Waals surface area contributed by atoms with Gasteiger partial charge < -0.3 is 10.2 Å². The number of piperazine rings is 1. The number of nitrogens with one attached hydrogen (secondary N) is 1. The van der Waals surface area contributed by atoms with Crippen LogP contribution in [0, 0.1) is 0 Å². The summed E-state index contributed by atoms with van der Waals surface area (Å²) in [5.74, 6) is 0. The molecule has 1 aliphatic heterocycles. The average Bonchev–Trinajstić information content (AvgIpc) is 3.25. The zero-order valence-electron chi connectivity index (χ0n) is 12.5. The number of hydrogen-bond donors (Lipinski definition) is 1. The van der Waals surface area contributed by atoms with E-state index in [1.54, 1.807) is 23.7 Å². The summed E-state index contributed by atoms with van der Waals surface area (Å²) in [7, 11) is -3.52. The van der Waals surface area contributed by atoms with E-state index in [0.29, 0.717) is 4.21 Å². The van der Waals surface area contributed by atoms with Crippen molar-refractivity contribution in [2.24, 2.45) is 0 Å². The highest BCUT2D eigenvalue weighted by Gasteiger charge is 2.22. The number of nitrogens with zero attached hydrogens (tertiary/aromatic N) is 2. The summed E-state index contributed by atoms with van der Waals surface area (Å²) in [5.41, 5.74) is 1.83. The van der Waals surface area contributed by atoms with E-state index in [1.165, 1.54) is 15.3 Å². The molecule has 0 atom stereocenters. The Morgan fingerprint density at radius 3 is 2.61 bits per heavy atom. The number of hydrogen-bond acceptors (Lipinski definition) is 5. The van der Waals surface area contributed by atoms with Crippen molar-refractivity contribution in [3.05, 3.63) is 48.0 Å². The van der Waals surface area contributed by atoms with Crippen LogP contribution in [0.15, 0.2) is 52.2 Å². The van der Waals surface area contributed by atoms with Crippen molar-refractivity contribution in [2.75, 3.05) is 31.1 Å². The predicted molar refractivity (Wildman–Crippen MR) is 93.9 cm³/mol. The smallest absolute Gasteiger partial charge is 0.277 e. The van der Waals surface area contributed by atoms with Crippen molar-refractivity contribution in [1.29, 1.82) is 0 Å². The second-order valence-electron chi connectivity index (χ2n) is 5.50. The van der Waals surface area contributed by atoms with Gasteiger partial charge in [-0.25, -0.2) is 3.97 Å². The Kier molecular flexibility index (Phi) is 3.63. The maximum Gasteiger partial charge on any atom is 0.277 e. The third-order valence-electron chi connectivity index (χ3n) is 4.14. The standard InChI is InChI=1S/C16H17N3O2S2/c20-23(21,16-5-2-12-22-16)19-9-6-13-14(3-1-4-15(13)19)18-10-7-17-8-11-18/h1-6,9,12,17H,7-8,10-11H2. The van der Waals surface area contributed by atoms with Gasteiger partial charge in [0, 0.05) is 43.4 Å². The molecular weight excluding hydrogens is 330 g/mol. The minimum Gasteiger partial charge on any atom is -0.368 e. The largest absolute Gasteiger partial charge is 0.368 e. The minimum atomic E-state index is -3.52. The zero-order valence-corrected chi connectivity index (χ0v) is 14.1. The highest BCUT2D eigenvalue weighted by atomic mass is 32.2. The van der Waals surface area contributed by atoms with E-state index in [9.17, 15) is 8.42 Å². The molecule has 1 fully saturated rings. The second kappa shape index (κ2) is 5.67. The molecule has 0 unspecified atom stereocenters. The molecule has 23 heavy (non-hydrogen) atoms. The molecule has 0 bridgehead atoms. The number of anilines is 1. The molecular formula is C16H17N3O2S2. The van der Waals surface area contributed by atoms with Gasteiger partial charge in [-0.2, -0.15) is 8.42 Å². The van der Waals surface area contributed by atoms with E-state index in [4.69, 9.17) is 0 Å². The summed E-state index contributed by atoms with van der Waals surface area (Å²) in [4.78, 5) is 2.31. The van der Waals surface area contributed by atoms with E-state index >= 15 is 0 Å². The molecule has 0 amide bonds. The average molecular weight is 347 g/mol. The van der Waals surface area contributed by atoms with Crippen molar-refractivity contribution >= 4 is 38.0 Å². The lowest BCUT2D eigenvalue weighted by molar-refractivity contribution is 0.590. The van der Waals surface area contributed by atoms with Crippen molar-refractivity contribution in [1.82, 2.24) is 9.29 Å². The highest BCUT2D eigenvalue weighted by molar-refractivity contribution is 7.92. The molecule has 4 rings (SSSR count). The Morgan fingerprint density at radius 2 is 1.87 bits per heavy atom. The van der Waals surface area contributed by atoms with Crippen LogP contribution in [0.25, 0.3) is 10.9 Å².